The van der Waals surface area contributed by atoms with Gasteiger partial charge in [-0.15, -0.1) is 11.3 Å². The minimum Gasteiger partial charge on any atom is -0.373 e. The van der Waals surface area contributed by atoms with Crippen LogP contribution in [-0.4, -0.2) is 72.9 Å². The minimum atomic E-state index is -0.295. The zero-order chi connectivity index (χ0) is 26.3. The van der Waals surface area contributed by atoms with Crippen LogP contribution in [0.1, 0.15) is 35.6 Å². The molecule has 0 saturated carbocycles. The van der Waals surface area contributed by atoms with E-state index in [-0.39, 0.29) is 30.6 Å². The number of ether oxygens (including phenoxy) is 1. The van der Waals surface area contributed by atoms with Crippen molar-refractivity contribution < 1.29 is 14.3 Å². The summed E-state index contributed by atoms with van der Waals surface area (Å²) in [6.45, 7) is 9.49. The van der Waals surface area contributed by atoms with Gasteiger partial charge in [0.25, 0.3) is 5.91 Å². The van der Waals surface area contributed by atoms with Gasteiger partial charge < -0.3 is 15.4 Å². The van der Waals surface area contributed by atoms with E-state index in [1.54, 1.807) is 29.9 Å². The van der Waals surface area contributed by atoms with Gasteiger partial charge in [0.2, 0.25) is 5.91 Å². The second-order valence-corrected chi connectivity index (χ2v) is 10.5. The number of thiazole rings is 1. The highest BCUT2D eigenvalue weighted by Crippen LogP contribution is 2.32. The molecule has 5 heterocycles. The highest BCUT2D eigenvalue weighted by Gasteiger charge is 2.24. The van der Waals surface area contributed by atoms with Gasteiger partial charge in [0.1, 0.15) is 4.83 Å². The lowest BCUT2D eigenvalue weighted by Crippen LogP contribution is -2.48. The molecule has 0 spiro atoms. The number of nitrogens with zero attached hydrogens (tertiary/aromatic N) is 6. The fourth-order valence-electron chi connectivity index (χ4n) is 4.54. The Morgan fingerprint density at radius 1 is 1.11 bits per heavy atom. The largest absolute Gasteiger partial charge is 0.373 e. The Hall–Kier alpha value is -3.61. The van der Waals surface area contributed by atoms with E-state index in [0.717, 1.165) is 21.0 Å². The third kappa shape index (κ3) is 5.26. The molecule has 194 valence electrons. The fourth-order valence-corrected chi connectivity index (χ4v) is 5.66. The molecular formula is C25H30N8O3S. The van der Waals surface area contributed by atoms with Crippen molar-refractivity contribution in [3.8, 4) is 10.4 Å². The van der Waals surface area contributed by atoms with Gasteiger partial charge in [-0.3, -0.25) is 24.2 Å². The third-order valence-corrected chi connectivity index (χ3v) is 7.57. The summed E-state index contributed by atoms with van der Waals surface area (Å²) < 4.78 is 9.26. The lowest BCUT2D eigenvalue weighted by atomic mass is 10.2. The summed E-state index contributed by atoms with van der Waals surface area (Å²) in [5.74, 6) is -0.435. The summed E-state index contributed by atoms with van der Waals surface area (Å²) in [7, 11) is 1.90. The average molecular weight is 523 g/mol. The highest BCUT2D eigenvalue weighted by atomic mass is 32.1. The molecule has 0 aromatic carbocycles. The molecule has 2 N–H and O–H groups in total. The van der Waals surface area contributed by atoms with Crippen LogP contribution in [0.5, 0.6) is 0 Å². The Morgan fingerprint density at radius 3 is 2.57 bits per heavy atom. The first-order valence-corrected chi connectivity index (χ1v) is 12.9. The molecule has 1 fully saturated rings. The molecule has 4 aromatic rings. The Bertz CT molecular complexity index is 1460. The molecule has 0 bridgehead atoms. The molecule has 2 amide bonds. The number of fused-ring (bicyclic) bond motifs is 1. The van der Waals surface area contributed by atoms with E-state index in [2.05, 4.69) is 30.7 Å². The SMILES string of the molecule is Cc1ncc(NC(=O)CN2CC(C)OC(C)C2)cc1NC(=O)c1cnn2cc(-c3cnn(C)c3C)sc12. The second kappa shape index (κ2) is 10.0. The van der Waals surface area contributed by atoms with Crippen LogP contribution in [0.3, 0.4) is 0 Å². The van der Waals surface area contributed by atoms with Crippen molar-refractivity contribution in [1.82, 2.24) is 29.3 Å². The summed E-state index contributed by atoms with van der Waals surface area (Å²) in [6.07, 6.45) is 7.03. The number of carbonyl (C=O) groups excluding carboxylic acids is 2. The summed E-state index contributed by atoms with van der Waals surface area (Å²) in [6, 6.07) is 1.72. The smallest absolute Gasteiger partial charge is 0.260 e. The van der Waals surface area contributed by atoms with Crippen LogP contribution in [0, 0.1) is 13.8 Å². The van der Waals surface area contributed by atoms with Crippen molar-refractivity contribution in [2.24, 2.45) is 7.05 Å². The maximum absolute atomic E-state index is 13.2. The first-order chi connectivity index (χ1) is 17.7. The van der Waals surface area contributed by atoms with Gasteiger partial charge in [0, 0.05) is 37.6 Å². The monoisotopic (exact) mass is 522 g/mol. The number of pyridine rings is 1. The van der Waals surface area contributed by atoms with E-state index in [0.29, 0.717) is 35.7 Å². The zero-order valence-electron chi connectivity index (χ0n) is 21.5. The number of nitrogens with one attached hydrogen (secondary N) is 2. The van der Waals surface area contributed by atoms with E-state index < -0.39 is 0 Å². The average Bonchev–Trinajstić information content (AvgIpc) is 3.50. The lowest BCUT2D eigenvalue weighted by molar-refractivity contribution is -0.121. The highest BCUT2D eigenvalue weighted by molar-refractivity contribution is 7.21. The second-order valence-electron chi connectivity index (χ2n) is 9.48. The van der Waals surface area contributed by atoms with Crippen LogP contribution in [0.4, 0.5) is 11.4 Å². The number of hydrogen-bond acceptors (Lipinski definition) is 8. The van der Waals surface area contributed by atoms with Crippen molar-refractivity contribution in [3.05, 3.63) is 47.8 Å². The van der Waals surface area contributed by atoms with Crippen LogP contribution in [0.15, 0.2) is 30.9 Å². The molecule has 0 radical (unpaired) electrons. The Labute approximate surface area is 218 Å². The number of rotatable bonds is 6. The topological polar surface area (TPSA) is 119 Å². The lowest BCUT2D eigenvalue weighted by Gasteiger charge is -2.34. The van der Waals surface area contributed by atoms with Crippen molar-refractivity contribution in [2.75, 3.05) is 30.3 Å². The third-order valence-electron chi connectivity index (χ3n) is 6.42. The van der Waals surface area contributed by atoms with E-state index in [1.165, 1.54) is 11.3 Å². The van der Waals surface area contributed by atoms with Crippen LogP contribution < -0.4 is 10.6 Å². The van der Waals surface area contributed by atoms with Gasteiger partial charge in [0.15, 0.2) is 0 Å². The molecule has 5 rings (SSSR count). The van der Waals surface area contributed by atoms with Gasteiger partial charge in [-0.05, 0) is 33.8 Å². The molecular weight excluding hydrogens is 492 g/mol. The van der Waals surface area contributed by atoms with E-state index >= 15 is 0 Å². The van der Waals surface area contributed by atoms with Crippen molar-refractivity contribution >= 4 is 39.4 Å². The fraction of sp³-hybridized carbons (Fsp3) is 0.400. The molecule has 2 unspecified atom stereocenters. The summed E-state index contributed by atoms with van der Waals surface area (Å²) in [5.41, 5.74) is 4.19. The Morgan fingerprint density at radius 2 is 1.86 bits per heavy atom. The molecule has 37 heavy (non-hydrogen) atoms. The maximum Gasteiger partial charge on any atom is 0.260 e. The normalized spacial score (nSPS) is 18.3. The van der Waals surface area contributed by atoms with Gasteiger partial charge in [-0.2, -0.15) is 10.2 Å². The Balaban J connectivity index is 1.29. The van der Waals surface area contributed by atoms with Crippen LogP contribution in [0.2, 0.25) is 0 Å². The number of aromatic nitrogens is 5. The summed E-state index contributed by atoms with van der Waals surface area (Å²) in [5, 5.41) is 14.5. The van der Waals surface area contributed by atoms with E-state index in [4.69, 9.17) is 4.74 Å². The van der Waals surface area contributed by atoms with Crippen molar-refractivity contribution in [2.45, 2.75) is 39.9 Å². The van der Waals surface area contributed by atoms with Gasteiger partial charge in [-0.25, -0.2) is 4.52 Å². The number of morpholine rings is 1. The molecule has 12 heteroatoms. The molecule has 11 nitrogen and oxygen atoms in total. The van der Waals surface area contributed by atoms with Crippen molar-refractivity contribution in [1.29, 1.82) is 0 Å². The molecule has 4 aromatic heterocycles. The number of hydrogen-bond donors (Lipinski definition) is 2. The van der Waals surface area contributed by atoms with Gasteiger partial charge in [-0.1, -0.05) is 0 Å². The first-order valence-electron chi connectivity index (χ1n) is 12.1. The number of anilines is 2. The maximum atomic E-state index is 13.2. The zero-order valence-corrected chi connectivity index (χ0v) is 22.3. The van der Waals surface area contributed by atoms with Gasteiger partial charge in [0.05, 0.1) is 64.9 Å². The number of aryl methyl sites for hydroxylation is 2. The molecule has 1 aliphatic rings. The quantitative estimate of drug-likeness (QED) is 0.399. The van der Waals surface area contributed by atoms with E-state index in [1.807, 2.05) is 44.9 Å². The molecule has 1 aliphatic heterocycles. The predicted octanol–water partition coefficient (Wildman–Crippen LogP) is 3.11. The molecule has 2 atom stereocenters. The van der Waals surface area contributed by atoms with E-state index in [9.17, 15) is 9.59 Å². The number of carbonyl (C=O) groups is 2. The predicted molar refractivity (Wildman–Crippen MR) is 142 cm³/mol. The van der Waals surface area contributed by atoms with Crippen LogP contribution in [-0.2, 0) is 16.6 Å². The van der Waals surface area contributed by atoms with Crippen molar-refractivity contribution in [3.63, 3.8) is 0 Å². The number of amides is 2. The summed E-state index contributed by atoms with van der Waals surface area (Å²) >= 11 is 1.48. The standard InChI is InChI=1S/C25H30N8O3S/c1-14-10-32(11-15(2)36-14)13-23(34)29-18-6-21(16(3)26-7-18)30-24(35)20-9-28-33-12-22(37-25(20)33)19-8-27-31(5)17(19)4/h6-9,12,14-15H,10-11,13H2,1-5H3,(H,29,34)(H,30,35). The van der Waals surface area contributed by atoms with Gasteiger partial charge >= 0.3 is 0 Å². The Kier molecular flexibility index (Phi) is 6.80. The minimum absolute atomic E-state index is 0.0857. The molecule has 0 aliphatic carbocycles. The van der Waals surface area contributed by atoms with Crippen LogP contribution in [0.25, 0.3) is 15.3 Å². The van der Waals surface area contributed by atoms with Crippen LogP contribution >= 0.6 is 11.3 Å². The first kappa shape index (κ1) is 25.1. The summed E-state index contributed by atoms with van der Waals surface area (Å²) in [4.78, 5) is 34.0. The molecule has 1 saturated heterocycles.